The van der Waals surface area contributed by atoms with E-state index in [1.807, 2.05) is 17.0 Å². The molecule has 3 N–H and O–H groups in total. The molecular formula is C27H29ClF3N7O5S. The van der Waals surface area contributed by atoms with Crippen LogP contribution < -0.4 is 20.1 Å². The highest BCUT2D eigenvalue weighted by Crippen LogP contribution is 2.48. The zero-order chi connectivity index (χ0) is 31.4. The number of hydrogen-bond donors (Lipinski definition) is 3. The molecule has 3 aromatic rings. The van der Waals surface area contributed by atoms with E-state index < -0.39 is 40.3 Å². The van der Waals surface area contributed by atoms with Gasteiger partial charge in [0.15, 0.2) is 6.61 Å². The standard InChI is InChI=1S/C27H29ClF3N7O5S/c28-20-5-3-19(4-6-20)26(9-10-26)36-24-33-23(34-25(35-24)43-17-27(29,30)31)32-21-7-1-18(2-8-21)22(39)37-44(40,41)16-13-38-11-14-42-15-12-38/h1-8H,9-17H2,(H,37,39)(H2,32,33,34,35,36). The second kappa shape index (κ2) is 13.1. The molecule has 1 amide bonds. The molecule has 0 spiro atoms. The summed E-state index contributed by atoms with van der Waals surface area (Å²) >= 11 is 6.00. The molecular weight excluding hydrogens is 627 g/mol. The van der Waals surface area contributed by atoms with Crippen molar-refractivity contribution in [2.45, 2.75) is 24.6 Å². The fourth-order valence-electron chi connectivity index (χ4n) is 4.43. The molecule has 1 saturated carbocycles. The number of benzene rings is 2. The van der Waals surface area contributed by atoms with E-state index in [9.17, 15) is 26.4 Å². The van der Waals surface area contributed by atoms with Gasteiger partial charge < -0.3 is 20.1 Å². The number of aromatic nitrogens is 3. The van der Waals surface area contributed by atoms with Crippen LogP contribution in [0.1, 0.15) is 28.8 Å². The van der Waals surface area contributed by atoms with Crippen LogP contribution in [0.4, 0.5) is 30.8 Å². The molecule has 1 aromatic heterocycles. The van der Waals surface area contributed by atoms with E-state index in [-0.39, 0.29) is 29.8 Å². The van der Waals surface area contributed by atoms with E-state index in [2.05, 4.69) is 30.3 Å². The first-order valence-corrected chi connectivity index (χ1v) is 15.6. The van der Waals surface area contributed by atoms with Crippen LogP contribution in [0.3, 0.4) is 0 Å². The van der Waals surface area contributed by atoms with Gasteiger partial charge in [0.05, 0.1) is 24.5 Å². The summed E-state index contributed by atoms with van der Waals surface area (Å²) in [7, 11) is -3.88. The summed E-state index contributed by atoms with van der Waals surface area (Å²) in [5.74, 6) is -1.17. The number of amides is 1. The first-order valence-electron chi connectivity index (χ1n) is 13.6. The molecule has 1 saturated heterocycles. The maximum absolute atomic E-state index is 12.8. The van der Waals surface area contributed by atoms with Crippen molar-refractivity contribution in [3.05, 3.63) is 64.7 Å². The van der Waals surface area contributed by atoms with Crippen molar-refractivity contribution >= 4 is 45.1 Å². The molecule has 2 aliphatic rings. The van der Waals surface area contributed by atoms with E-state index in [0.29, 0.717) is 37.0 Å². The molecule has 2 heterocycles. The Morgan fingerprint density at radius 3 is 2.30 bits per heavy atom. The Kier molecular flexibility index (Phi) is 9.43. The second-order valence-electron chi connectivity index (χ2n) is 10.3. The zero-order valence-corrected chi connectivity index (χ0v) is 24.8. The highest BCUT2D eigenvalue weighted by molar-refractivity contribution is 7.90. The van der Waals surface area contributed by atoms with Gasteiger partial charge in [0, 0.05) is 35.9 Å². The summed E-state index contributed by atoms with van der Waals surface area (Å²) in [5, 5.41) is 6.60. The van der Waals surface area contributed by atoms with Crippen molar-refractivity contribution < 1.29 is 35.9 Å². The fraction of sp³-hybridized carbons (Fsp3) is 0.407. The number of anilines is 3. The van der Waals surface area contributed by atoms with Crippen molar-refractivity contribution in [2.75, 3.05) is 55.8 Å². The third-order valence-electron chi connectivity index (χ3n) is 6.91. The highest BCUT2D eigenvalue weighted by atomic mass is 35.5. The average Bonchev–Trinajstić information content (AvgIpc) is 3.76. The van der Waals surface area contributed by atoms with Gasteiger partial charge in [0.2, 0.25) is 21.9 Å². The minimum Gasteiger partial charge on any atom is -0.454 e. The number of nitrogens with one attached hydrogen (secondary N) is 3. The van der Waals surface area contributed by atoms with Crippen LogP contribution in [0.5, 0.6) is 6.01 Å². The molecule has 0 atom stereocenters. The molecule has 2 fully saturated rings. The lowest BCUT2D eigenvalue weighted by atomic mass is 10.1. The van der Waals surface area contributed by atoms with E-state index in [1.165, 1.54) is 24.3 Å². The number of carbonyl (C=O) groups is 1. The van der Waals surface area contributed by atoms with Crippen molar-refractivity contribution in [3.63, 3.8) is 0 Å². The zero-order valence-electron chi connectivity index (χ0n) is 23.2. The minimum atomic E-state index is -4.61. The summed E-state index contributed by atoms with van der Waals surface area (Å²) in [6.07, 6.45) is -3.15. The molecule has 2 aromatic carbocycles. The van der Waals surface area contributed by atoms with Gasteiger partial charge in [-0.25, -0.2) is 13.1 Å². The number of nitrogens with zero attached hydrogens (tertiary/aromatic N) is 4. The number of carbonyl (C=O) groups excluding carboxylic acids is 1. The first-order chi connectivity index (χ1) is 20.9. The maximum Gasteiger partial charge on any atom is 0.422 e. The minimum absolute atomic E-state index is 0.00888. The molecule has 44 heavy (non-hydrogen) atoms. The van der Waals surface area contributed by atoms with Crippen molar-refractivity contribution in [3.8, 4) is 6.01 Å². The highest BCUT2D eigenvalue weighted by Gasteiger charge is 2.45. The Hall–Kier alpha value is -3.73. The van der Waals surface area contributed by atoms with Gasteiger partial charge in [-0.15, -0.1) is 0 Å². The lowest BCUT2D eigenvalue weighted by molar-refractivity contribution is -0.154. The fourth-order valence-corrected chi connectivity index (χ4v) is 5.56. The topological polar surface area (TPSA) is 148 Å². The molecule has 1 aliphatic carbocycles. The van der Waals surface area contributed by atoms with Gasteiger partial charge in [-0.2, -0.15) is 28.1 Å². The van der Waals surface area contributed by atoms with Crippen molar-refractivity contribution in [1.29, 1.82) is 0 Å². The Balaban J connectivity index is 1.26. The summed E-state index contributed by atoms with van der Waals surface area (Å²) < 4.78 is 75.5. The predicted octanol–water partition coefficient (Wildman–Crippen LogP) is 3.70. The lowest BCUT2D eigenvalue weighted by Crippen LogP contribution is -2.42. The second-order valence-corrected chi connectivity index (χ2v) is 12.6. The van der Waals surface area contributed by atoms with Gasteiger partial charge in [-0.05, 0) is 54.8 Å². The van der Waals surface area contributed by atoms with Gasteiger partial charge in [0.1, 0.15) is 0 Å². The van der Waals surface area contributed by atoms with Gasteiger partial charge in [0.25, 0.3) is 5.91 Å². The smallest absolute Gasteiger partial charge is 0.422 e. The molecule has 17 heteroatoms. The number of sulfonamides is 1. The van der Waals surface area contributed by atoms with Crippen LogP contribution in [0.15, 0.2) is 48.5 Å². The Bertz CT molecular complexity index is 1570. The van der Waals surface area contributed by atoms with Gasteiger partial charge in [-0.1, -0.05) is 23.7 Å². The monoisotopic (exact) mass is 655 g/mol. The largest absolute Gasteiger partial charge is 0.454 e. The number of halogens is 4. The van der Waals surface area contributed by atoms with Crippen LogP contribution >= 0.6 is 11.6 Å². The Labute approximate surface area is 256 Å². The lowest BCUT2D eigenvalue weighted by Gasteiger charge is -2.26. The van der Waals surface area contributed by atoms with Gasteiger partial charge >= 0.3 is 12.2 Å². The summed E-state index contributed by atoms with van der Waals surface area (Å²) in [5.41, 5.74) is 0.833. The van der Waals surface area contributed by atoms with Crippen LogP contribution in [0.2, 0.25) is 5.02 Å². The average molecular weight is 656 g/mol. The SMILES string of the molecule is O=C(NS(=O)(=O)CCN1CCOCC1)c1ccc(Nc2nc(NC3(c4ccc(Cl)cc4)CC3)nc(OCC(F)(F)F)n2)cc1. The van der Waals surface area contributed by atoms with Crippen LogP contribution in [0, 0.1) is 0 Å². The van der Waals surface area contributed by atoms with Crippen molar-refractivity contribution in [2.24, 2.45) is 0 Å². The summed E-state index contributed by atoms with van der Waals surface area (Å²) in [6.45, 7) is 0.971. The molecule has 5 rings (SSSR count). The summed E-state index contributed by atoms with van der Waals surface area (Å²) in [4.78, 5) is 26.8. The number of morpholine rings is 1. The predicted molar refractivity (Wildman–Crippen MR) is 156 cm³/mol. The number of hydrogen-bond acceptors (Lipinski definition) is 11. The van der Waals surface area contributed by atoms with E-state index >= 15 is 0 Å². The number of rotatable bonds is 12. The third kappa shape index (κ3) is 8.90. The van der Waals surface area contributed by atoms with Crippen molar-refractivity contribution in [1.82, 2.24) is 24.6 Å². The first kappa shape index (κ1) is 31.7. The van der Waals surface area contributed by atoms with Crippen LogP contribution in [0.25, 0.3) is 0 Å². The Morgan fingerprint density at radius 1 is 1.00 bits per heavy atom. The van der Waals surface area contributed by atoms with E-state index in [4.69, 9.17) is 21.1 Å². The van der Waals surface area contributed by atoms with E-state index in [1.54, 1.807) is 12.1 Å². The Morgan fingerprint density at radius 2 is 1.66 bits per heavy atom. The molecule has 0 radical (unpaired) electrons. The third-order valence-corrected chi connectivity index (χ3v) is 8.38. The number of ether oxygens (including phenoxy) is 2. The van der Waals surface area contributed by atoms with Crippen LogP contribution in [-0.2, 0) is 20.3 Å². The normalized spacial score (nSPS) is 16.6. The number of alkyl halides is 3. The van der Waals surface area contributed by atoms with E-state index in [0.717, 1.165) is 18.4 Å². The molecule has 236 valence electrons. The van der Waals surface area contributed by atoms with Crippen LogP contribution in [-0.4, -0.2) is 85.6 Å². The molecule has 12 nitrogen and oxygen atoms in total. The quantitative estimate of drug-likeness (QED) is 0.262. The molecule has 0 unspecified atom stereocenters. The molecule has 1 aliphatic heterocycles. The maximum atomic E-state index is 12.8. The van der Waals surface area contributed by atoms with Gasteiger partial charge in [-0.3, -0.25) is 9.69 Å². The molecule has 0 bridgehead atoms. The summed E-state index contributed by atoms with van der Waals surface area (Å²) in [6, 6.07) is 12.3.